The molecule has 0 saturated heterocycles. The summed E-state index contributed by atoms with van der Waals surface area (Å²) in [6.07, 6.45) is 0. The first kappa shape index (κ1) is 17.4. The lowest BCUT2D eigenvalue weighted by Gasteiger charge is -2.12. The van der Waals surface area contributed by atoms with Crippen LogP contribution in [0.3, 0.4) is 0 Å². The number of fused-ring (bicyclic) bond motifs is 1. The van der Waals surface area contributed by atoms with Gasteiger partial charge >= 0.3 is 5.97 Å². The molecule has 0 atom stereocenters. The monoisotopic (exact) mass is 373 g/mol. The van der Waals surface area contributed by atoms with E-state index in [0.717, 1.165) is 43.7 Å². The summed E-state index contributed by atoms with van der Waals surface area (Å²) in [6.45, 7) is 4.04. The second-order valence-corrected chi connectivity index (χ2v) is 7.55. The third kappa shape index (κ3) is 3.13. The number of rotatable bonds is 3. The minimum absolute atomic E-state index is 0.290. The molecule has 0 spiro atoms. The van der Waals surface area contributed by atoms with Gasteiger partial charge in [-0.2, -0.15) is 0 Å². The van der Waals surface area contributed by atoms with Crippen molar-refractivity contribution in [2.24, 2.45) is 0 Å². The molecule has 0 amide bonds. The molecule has 0 saturated carbocycles. The van der Waals surface area contributed by atoms with Crippen molar-refractivity contribution in [1.29, 1.82) is 0 Å². The minimum atomic E-state index is -0.290. The summed E-state index contributed by atoms with van der Waals surface area (Å²) in [6, 6.07) is 20.6. The number of esters is 1. The summed E-state index contributed by atoms with van der Waals surface area (Å²) in [5.41, 5.74) is 6.18. The van der Waals surface area contributed by atoms with Crippen molar-refractivity contribution >= 4 is 28.2 Å². The molecule has 2 heterocycles. The number of aromatic nitrogens is 1. The maximum atomic E-state index is 12.0. The van der Waals surface area contributed by atoms with Crippen LogP contribution in [0.15, 0.2) is 60.7 Å². The van der Waals surface area contributed by atoms with Crippen molar-refractivity contribution in [3.63, 3.8) is 0 Å². The molecule has 0 aliphatic carbocycles. The molecule has 0 fully saturated rings. The van der Waals surface area contributed by atoms with E-state index < -0.39 is 0 Å². The number of benzene rings is 2. The van der Waals surface area contributed by atoms with Gasteiger partial charge in [-0.1, -0.05) is 42.5 Å². The molecule has 0 aliphatic rings. The largest absolute Gasteiger partial charge is 0.465 e. The van der Waals surface area contributed by atoms with E-state index >= 15 is 0 Å². The molecule has 2 aromatic carbocycles. The van der Waals surface area contributed by atoms with Crippen LogP contribution < -0.4 is 0 Å². The Morgan fingerprint density at radius 1 is 0.963 bits per heavy atom. The molecule has 0 unspecified atom stereocenters. The first-order valence-corrected chi connectivity index (χ1v) is 9.55. The van der Waals surface area contributed by atoms with Crippen LogP contribution in [0, 0.1) is 13.8 Å². The molecular weight excluding hydrogens is 354 g/mol. The number of hydrogen-bond acceptors (Lipinski definition) is 4. The van der Waals surface area contributed by atoms with Crippen LogP contribution in [0.25, 0.3) is 32.6 Å². The summed E-state index contributed by atoms with van der Waals surface area (Å²) < 4.78 is 4.91. The van der Waals surface area contributed by atoms with Gasteiger partial charge in [0.15, 0.2) is 0 Å². The van der Waals surface area contributed by atoms with Crippen LogP contribution in [0.2, 0.25) is 0 Å². The van der Waals surface area contributed by atoms with E-state index in [4.69, 9.17) is 9.72 Å². The Bertz CT molecular complexity index is 1160. The van der Waals surface area contributed by atoms with E-state index in [2.05, 4.69) is 43.3 Å². The molecule has 2 aromatic heterocycles. The lowest BCUT2D eigenvalue weighted by Crippen LogP contribution is -1.99. The molecule has 0 aliphatic heterocycles. The molecule has 0 radical (unpaired) electrons. The third-order valence-corrected chi connectivity index (χ3v) is 5.93. The number of thiophene rings is 1. The molecule has 4 aromatic rings. The molecule has 4 heteroatoms. The number of para-hydroxylation sites is 1. The van der Waals surface area contributed by atoms with Crippen LogP contribution in [0.4, 0.5) is 0 Å². The summed E-state index contributed by atoms with van der Waals surface area (Å²) in [5.74, 6) is -0.290. The Kier molecular flexibility index (Phi) is 4.50. The fourth-order valence-electron chi connectivity index (χ4n) is 3.33. The van der Waals surface area contributed by atoms with E-state index in [1.807, 2.05) is 31.2 Å². The number of nitrogens with zero attached hydrogens (tertiary/aromatic N) is 1. The highest BCUT2D eigenvalue weighted by Crippen LogP contribution is 2.39. The average Bonchev–Trinajstić information content (AvgIpc) is 3.08. The highest BCUT2D eigenvalue weighted by molar-refractivity contribution is 7.17. The van der Waals surface area contributed by atoms with E-state index in [1.165, 1.54) is 18.4 Å². The van der Waals surface area contributed by atoms with Crippen LogP contribution in [0.1, 0.15) is 20.8 Å². The SMILES string of the molecule is COC(=O)c1sc(-c2cccc(C)c2-c2ccc3ccccc3n2)cc1C. The Balaban J connectivity index is 1.91. The molecule has 0 N–H and O–H groups in total. The molecule has 4 rings (SSSR count). The van der Waals surface area contributed by atoms with Crippen molar-refractivity contribution < 1.29 is 9.53 Å². The number of pyridine rings is 1. The summed E-state index contributed by atoms with van der Waals surface area (Å²) >= 11 is 1.46. The predicted molar refractivity (Wildman–Crippen MR) is 111 cm³/mol. The standard InChI is InChI=1S/C23H19NO2S/c1-14-7-6-9-17(20-13-15(2)22(27-20)23(25)26-3)21(14)19-12-11-16-8-4-5-10-18(16)24-19/h4-13H,1-3H3. The molecule has 27 heavy (non-hydrogen) atoms. The van der Waals surface area contributed by atoms with Gasteiger partial charge in [-0.3, -0.25) is 0 Å². The van der Waals surface area contributed by atoms with Gasteiger partial charge in [0.25, 0.3) is 0 Å². The minimum Gasteiger partial charge on any atom is -0.465 e. The van der Waals surface area contributed by atoms with Gasteiger partial charge in [0, 0.05) is 21.4 Å². The second-order valence-electron chi connectivity index (χ2n) is 6.50. The maximum absolute atomic E-state index is 12.0. The van der Waals surface area contributed by atoms with Crippen molar-refractivity contribution in [3.8, 4) is 21.7 Å². The number of ether oxygens (including phenoxy) is 1. The quantitative estimate of drug-likeness (QED) is 0.411. The smallest absolute Gasteiger partial charge is 0.348 e. The normalized spacial score (nSPS) is 10.9. The van der Waals surface area contributed by atoms with E-state index in [0.29, 0.717) is 4.88 Å². The fourth-order valence-corrected chi connectivity index (χ4v) is 4.45. The summed E-state index contributed by atoms with van der Waals surface area (Å²) in [5, 5.41) is 1.12. The van der Waals surface area contributed by atoms with Crippen LogP contribution in [-0.2, 0) is 4.74 Å². The van der Waals surface area contributed by atoms with Crippen molar-refractivity contribution in [1.82, 2.24) is 4.98 Å². The maximum Gasteiger partial charge on any atom is 0.348 e. The van der Waals surface area contributed by atoms with Gasteiger partial charge < -0.3 is 4.74 Å². The van der Waals surface area contributed by atoms with Crippen LogP contribution >= 0.6 is 11.3 Å². The van der Waals surface area contributed by atoms with Gasteiger partial charge in [0.05, 0.1) is 18.3 Å². The third-order valence-electron chi connectivity index (χ3n) is 4.68. The molecule has 3 nitrogen and oxygen atoms in total. The Hall–Kier alpha value is -2.98. The van der Waals surface area contributed by atoms with Gasteiger partial charge in [-0.25, -0.2) is 9.78 Å². The van der Waals surface area contributed by atoms with Crippen LogP contribution in [0.5, 0.6) is 0 Å². The first-order valence-electron chi connectivity index (χ1n) is 8.73. The number of aryl methyl sites for hydroxylation is 2. The number of hydrogen-bond donors (Lipinski definition) is 0. The summed E-state index contributed by atoms with van der Waals surface area (Å²) in [7, 11) is 1.41. The topological polar surface area (TPSA) is 39.2 Å². The van der Waals surface area contributed by atoms with Crippen molar-refractivity contribution in [2.75, 3.05) is 7.11 Å². The number of methoxy groups -OCH3 is 1. The van der Waals surface area contributed by atoms with Crippen molar-refractivity contribution in [2.45, 2.75) is 13.8 Å². The van der Waals surface area contributed by atoms with E-state index in [-0.39, 0.29) is 5.97 Å². The fraction of sp³-hybridized carbons (Fsp3) is 0.130. The Labute approximate surface area is 162 Å². The van der Waals surface area contributed by atoms with Gasteiger partial charge in [-0.05, 0) is 43.2 Å². The molecule has 134 valence electrons. The van der Waals surface area contributed by atoms with Crippen molar-refractivity contribution in [3.05, 3.63) is 76.7 Å². The van der Waals surface area contributed by atoms with Gasteiger partial charge in [-0.15, -0.1) is 11.3 Å². The highest BCUT2D eigenvalue weighted by Gasteiger charge is 2.18. The first-order chi connectivity index (χ1) is 13.1. The lowest BCUT2D eigenvalue weighted by atomic mass is 9.96. The average molecular weight is 373 g/mol. The highest BCUT2D eigenvalue weighted by atomic mass is 32.1. The molecule has 0 bridgehead atoms. The predicted octanol–water partition coefficient (Wildman–Crippen LogP) is 6.03. The lowest BCUT2D eigenvalue weighted by molar-refractivity contribution is 0.0605. The van der Waals surface area contributed by atoms with Gasteiger partial charge in [0.1, 0.15) is 4.88 Å². The Morgan fingerprint density at radius 2 is 1.78 bits per heavy atom. The zero-order chi connectivity index (χ0) is 19.0. The zero-order valence-corrected chi connectivity index (χ0v) is 16.3. The zero-order valence-electron chi connectivity index (χ0n) is 15.4. The number of carbonyl (C=O) groups is 1. The van der Waals surface area contributed by atoms with E-state index in [9.17, 15) is 4.79 Å². The van der Waals surface area contributed by atoms with Crippen LogP contribution in [-0.4, -0.2) is 18.1 Å². The Morgan fingerprint density at radius 3 is 2.59 bits per heavy atom. The molecular formula is C23H19NO2S. The van der Waals surface area contributed by atoms with Gasteiger partial charge in [0.2, 0.25) is 0 Å². The second kappa shape index (κ2) is 6.97. The van der Waals surface area contributed by atoms with E-state index in [1.54, 1.807) is 0 Å². The number of carbonyl (C=O) groups excluding carboxylic acids is 1. The summed E-state index contributed by atoms with van der Waals surface area (Å²) in [4.78, 5) is 18.6.